The van der Waals surface area contributed by atoms with Gasteiger partial charge in [0.25, 0.3) is 0 Å². The second-order valence-electron chi connectivity index (χ2n) is 4.40. The molecule has 0 aliphatic rings. The highest BCUT2D eigenvalue weighted by Crippen LogP contribution is 2.30. The number of aromatic nitrogens is 3. The predicted molar refractivity (Wildman–Crippen MR) is 71.5 cm³/mol. The molecule has 0 fully saturated rings. The van der Waals surface area contributed by atoms with E-state index in [4.69, 9.17) is 11.6 Å². The lowest BCUT2D eigenvalue weighted by molar-refractivity contribution is 0.583. The van der Waals surface area contributed by atoms with Crippen LogP contribution in [0, 0.1) is 0 Å². The van der Waals surface area contributed by atoms with E-state index in [1.54, 1.807) is 0 Å². The molecule has 0 saturated heterocycles. The van der Waals surface area contributed by atoms with Crippen molar-refractivity contribution in [2.75, 3.05) is 0 Å². The molecule has 0 spiro atoms. The van der Waals surface area contributed by atoms with Crippen LogP contribution in [0.2, 0.25) is 5.28 Å². The fraction of sp³-hybridized carbons (Fsp3) is 0.538. The summed E-state index contributed by atoms with van der Waals surface area (Å²) in [5.41, 5.74) is 3.16. The maximum absolute atomic E-state index is 6.07. The van der Waals surface area contributed by atoms with Crippen molar-refractivity contribution < 1.29 is 0 Å². The first-order valence-electron chi connectivity index (χ1n) is 6.15. The van der Waals surface area contributed by atoms with Gasteiger partial charge in [-0.05, 0) is 30.5 Å². The number of halogens is 1. The number of hydrogen-bond acceptors (Lipinski definition) is 2. The summed E-state index contributed by atoms with van der Waals surface area (Å²) in [4.78, 5) is 8.89. The lowest BCUT2D eigenvalue weighted by Crippen LogP contribution is -2.03. The van der Waals surface area contributed by atoms with Crippen LogP contribution in [0.5, 0.6) is 0 Å². The number of aryl methyl sites for hydroxylation is 1. The van der Waals surface area contributed by atoms with E-state index in [1.165, 1.54) is 6.42 Å². The topological polar surface area (TPSA) is 30.7 Å². The minimum absolute atomic E-state index is 0.496. The van der Waals surface area contributed by atoms with Crippen molar-refractivity contribution in [2.45, 2.75) is 39.0 Å². The van der Waals surface area contributed by atoms with Crippen molar-refractivity contribution in [2.24, 2.45) is 7.05 Å². The first kappa shape index (κ1) is 12.4. The molecule has 2 aromatic rings. The van der Waals surface area contributed by atoms with Crippen molar-refractivity contribution >= 4 is 22.6 Å². The number of imidazole rings is 1. The maximum Gasteiger partial charge on any atom is 0.203 e. The van der Waals surface area contributed by atoms with Gasteiger partial charge in [-0.3, -0.25) is 4.98 Å². The third-order valence-electron chi connectivity index (χ3n) is 3.27. The van der Waals surface area contributed by atoms with E-state index in [-0.39, 0.29) is 0 Å². The molecule has 0 saturated carbocycles. The van der Waals surface area contributed by atoms with Gasteiger partial charge in [-0.25, -0.2) is 4.98 Å². The van der Waals surface area contributed by atoms with Crippen molar-refractivity contribution in [1.29, 1.82) is 0 Å². The van der Waals surface area contributed by atoms with Gasteiger partial charge in [0, 0.05) is 19.2 Å². The molecule has 0 radical (unpaired) electrons. The first-order valence-corrected chi connectivity index (χ1v) is 6.53. The van der Waals surface area contributed by atoms with Crippen LogP contribution in [0.1, 0.15) is 44.7 Å². The van der Waals surface area contributed by atoms with Gasteiger partial charge in [-0.2, -0.15) is 0 Å². The van der Waals surface area contributed by atoms with Crippen LogP contribution in [0.25, 0.3) is 11.0 Å². The van der Waals surface area contributed by atoms with Gasteiger partial charge >= 0.3 is 0 Å². The Labute approximate surface area is 107 Å². The number of hydrogen-bond donors (Lipinski definition) is 0. The molecule has 2 aromatic heterocycles. The number of nitrogens with zero attached hydrogens (tertiary/aromatic N) is 3. The second kappa shape index (κ2) is 5.05. The van der Waals surface area contributed by atoms with Gasteiger partial charge in [-0.1, -0.05) is 20.3 Å². The van der Waals surface area contributed by atoms with E-state index in [0.717, 1.165) is 29.6 Å². The molecule has 1 unspecified atom stereocenters. The molecule has 2 heterocycles. The normalized spacial score (nSPS) is 13.2. The van der Waals surface area contributed by atoms with Crippen LogP contribution in [-0.2, 0) is 7.05 Å². The van der Waals surface area contributed by atoms with Gasteiger partial charge in [-0.15, -0.1) is 0 Å². The molecule has 0 amide bonds. The highest BCUT2D eigenvalue weighted by molar-refractivity contribution is 6.29. The fourth-order valence-electron chi connectivity index (χ4n) is 2.34. The van der Waals surface area contributed by atoms with E-state index in [9.17, 15) is 0 Å². The van der Waals surface area contributed by atoms with E-state index in [0.29, 0.717) is 11.2 Å². The summed E-state index contributed by atoms with van der Waals surface area (Å²) in [6, 6.07) is 1.92. The summed E-state index contributed by atoms with van der Waals surface area (Å²) >= 11 is 6.07. The van der Waals surface area contributed by atoms with E-state index in [2.05, 4.69) is 23.8 Å². The van der Waals surface area contributed by atoms with Crippen molar-refractivity contribution in [3.63, 3.8) is 0 Å². The van der Waals surface area contributed by atoms with Crippen LogP contribution in [0.4, 0.5) is 0 Å². The zero-order valence-electron chi connectivity index (χ0n) is 10.6. The molecule has 3 nitrogen and oxygen atoms in total. The lowest BCUT2D eigenvalue weighted by atomic mass is 9.95. The Morgan fingerprint density at radius 1 is 1.41 bits per heavy atom. The molecular formula is C13H18ClN3. The Balaban J connectivity index is 2.59. The molecule has 0 aliphatic carbocycles. The average molecular weight is 252 g/mol. The summed E-state index contributed by atoms with van der Waals surface area (Å²) < 4.78 is 1.93. The third-order valence-corrected chi connectivity index (χ3v) is 3.61. The average Bonchev–Trinajstić information content (AvgIpc) is 2.62. The molecule has 17 heavy (non-hydrogen) atoms. The van der Waals surface area contributed by atoms with Gasteiger partial charge in [0.2, 0.25) is 5.28 Å². The van der Waals surface area contributed by atoms with Gasteiger partial charge < -0.3 is 4.57 Å². The van der Waals surface area contributed by atoms with Crippen LogP contribution >= 0.6 is 11.6 Å². The standard InChI is InChI=1S/C13H18ClN3/c1-4-6-9(5-2)11-12-10(7-8-15-11)16-13(14)17(12)3/h7-9H,4-6H2,1-3H3. The summed E-state index contributed by atoms with van der Waals surface area (Å²) in [5, 5.41) is 0.528. The van der Waals surface area contributed by atoms with Gasteiger partial charge in [0.05, 0.1) is 16.7 Å². The third kappa shape index (κ3) is 2.16. The summed E-state index contributed by atoms with van der Waals surface area (Å²) in [7, 11) is 1.95. The summed E-state index contributed by atoms with van der Waals surface area (Å²) in [5.74, 6) is 0.496. The quantitative estimate of drug-likeness (QED) is 0.825. The van der Waals surface area contributed by atoms with E-state index >= 15 is 0 Å². The molecule has 0 N–H and O–H groups in total. The lowest BCUT2D eigenvalue weighted by Gasteiger charge is -2.14. The van der Waals surface area contributed by atoms with Crippen molar-refractivity contribution in [3.8, 4) is 0 Å². The number of rotatable bonds is 4. The molecule has 4 heteroatoms. The van der Waals surface area contributed by atoms with Crippen LogP contribution in [-0.4, -0.2) is 14.5 Å². The zero-order valence-corrected chi connectivity index (χ0v) is 11.3. The van der Waals surface area contributed by atoms with E-state index < -0.39 is 0 Å². The molecule has 92 valence electrons. The molecule has 0 bridgehead atoms. The Hall–Kier alpha value is -1.09. The van der Waals surface area contributed by atoms with E-state index in [1.807, 2.05) is 23.9 Å². The Bertz CT molecular complexity index is 519. The Morgan fingerprint density at radius 3 is 2.82 bits per heavy atom. The molecule has 0 aliphatic heterocycles. The smallest absolute Gasteiger partial charge is 0.203 e. The SMILES string of the molecule is CCCC(CC)c1nccc2nc(Cl)n(C)c12. The number of fused-ring (bicyclic) bond motifs is 1. The highest BCUT2D eigenvalue weighted by Gasteiger charge is 2.17. The first-order chi connectivity index (χ1) is 8.19. The minimum Gasteiger partial charge on any atom is -0.316 e. The van der Waals surface area contributed by atoms with Crippen molar-refractivity contribution in [1.82, 2.24) is 14.5 Å². The largest absolute Gasteiger partial charge is 0.316 e. The Kier molecular flexibility index (Phi) is 3.67. The van der Waals surface area contributed by atoms with Crippen LogP contribution in [0.15, 0.2) is 12.3 Å². The van der Waals surface area contributed by atoms with Gasteiger partial charge in [0.1, 0.15) is 0 Å². The molecule has 1 atom stereocenters. The predicted octanol–water partition coefficient (Wildman–Crippen LogP) is 3.92. The second-order valence-corrected chi connectivity index (χ2v) is 4.74. The fourth-order valence-corrected chi connectivity index (χ4v) is 2.52. The molecule has 0 aromatic carbocycles. The van der Waals surface area contributed by atoms with Gasteiger partial charge in [0.15, 0.2) is 0 Å². The summed E-state index contributed by atoms with van der Waals surface area (Å²) in [6.45, 7) is 4.41. The molecular weight excluding hydrogens is 234 g/mol. The zero-order chi connectivity index (χ0) is 12.4. The van der Waals surface area contributed by atoms with Crippen LogP contribution in [0.3, 0.4) is 0 Å². The summed E-state index contributed by atoms with van der Waals surface area (Å²) in [6.07, 6.45) is 5.26. The van der Waals surface area contributed by atoms with Crippen molar-refractivity contribution in [3.05, 3.63) is 23.2 Å². The monoisotopic (exact) mass is 251 g/mol. The molecule has 2 rings (SSSR count). The maximum atomic E-state index is 6.07. The highest BCUT2D eigenvalue weighted by atomic mass is 35.5. The number of pyridine rings is 1. The van der Waals surface area contributed by atoms with Crippen LogP contribution < -0.4 is 0 Å². The Morgan fingerprint density at radius 2 is 2.18 bits per heavy atom. The minimum atomic E-state index is 0.496.